The van der Waals surface area contributed by atoms with Gasteiger partial charge in [-0.3, -0.25) is 4.79 Å². The van der Waals surface area contributed by atoms with Crippen LogP contribution in [0.5, 0.6) is 0 Å². The summed E-state index contributed by atoms with van der Waals surface area (Å²) in [6.45, 7) is 0. The SMILES string of the molecule is O=C(Nc1cccc(C(F)(F)F)c1)c1ccc(-c2ccc(Cl)cc2)o1. The van der Waals surface area contributed by atoms with Crippen molar-refractivity contribution >= 4 is 23.2 Å². The highest BCUT2D eigenvalue weighted by Crippen LogP contribution is 2.31. The van der Waals surface area contributed by atoms with E-state index >= 15 is 0 Å². The second-order valence-corrected chi connectivity index (χ2v) is 5.64. The first kappa shape index (κ1) is 17.1. The van der Waals surface area contributed by atoms with Gasteiger partial charge in [0.1, 0.15) is 5.76 Å². The molecule has 0 fully saturated rings. The summed E-state index contributed by atoms with van der Waals surface area (Å²) in [5.74, 6) is -0.201. The molecule has 3 nitrogen and oxygen atoms in total. The summed E-state index contributed by atoms with van der Waals surface area (Å²) in [5, 5.41) is 2.96. The Morgan fingerprint density at radius 1 is 1.00 bits per heavy atom. The average molecular weight is 366 g/mol. The molecule has 1 amide bonds. The van der Waals surface area contributed by atoms with Crippen molar-refractivity contribution in [3.05, 3.63) is 77.0 Å². The minimum Gasteiger partial charge on any atom is -0.451 e. The summed E-state index contributed by atoms with van der Waals surface area (Å²) in [6.07, 6.45) is -4.48. The van der Waals surface area contributed by atoms with E-state index in [2.05, 4.69) is 5.32 Å². The zero-order chi connectivity index (χ0) is 18.0. The third kappa shape index (κ3) is 4.03. The highest BCUT2D eigenvalue weighted by molar-refractivity contribution is 6.30. The first-order chi connectivity index (χ1) is 11.8. The number of benzene rings is 2. The lowest BCUT2D eigenvalue weighted by atomic mass is 10.2. The Balaban J connectivity index is 1.77. The summed E-state index contributed by atoms with van der Waals surface area (Å²) in [4.78, 5) is 12.2. The predicted molar refractivity (Wildman–Crippen MR) is 88.6 cm³/mol. The Morgan fingerprint density at radius 2 is 1.72 bits per heavy atom. The molecular formula is C18H11ClF3NO2. The van der Waals surface area contributed by atoms with Gasteiger partial charge in [-0.1, -0.05) is 17.7 Å². The first-order valence-electron chi connectivity index (χ1n) is 7.17. The largest absolute Gasteiger partial charge is 0.451 e. The van der Waals surface area contributed by atoms with Gasteiger partial charge in [0.25, 0.3) is 5.91 Å². The van der Waals surface area contributed by atoms with Crippen molar-refractivity contribution in [2.75, 3.05) is 5.32 Å². The van der Waals surface area contributed by atoms with Gasteiger partial charge in [0.05, 0.1) is 5.56 Å². The first-order valence-corrected chi connectivity index (χ1v) is 7.55. The molecule has 0 unspecified atom stereocenters. The minimum atomic E-state index is -4.48. The minimum absolute atomic E-state index is 0.0117. The lowest BCUT2D eigenvalue weighted by molar-refractivity contribution is -0.137. The zero-order valence-corrected chi connectivity index (χ0v) is 13.4. The third-order valence-corrected chi connectivity index (χ3v) is 3.66. The molecule has 1 N–H and O–H groups in total. The molecule has 0 aliphatic rings. The number of rotatable bonds is 3. The van der Waals surface area contributed by atoms with Crippen LogP contribution in [0.25, 0.3) is 11.3 Å². The fourth-order valence-corrected chi connectivity index (χ4v) is 2.32. The van der Waals surface area contributed by atoms with Crippen LogP contribution in [-0.4, -0.2) is 5.91 Å². The molecular weight excluding hydrogens is 355 g/mol. The molecule has 1 aromatic heterocycles. The van der Waals surface area contributed by atoms with E-state index in [9.17, 15) is 18.0 Å². The monoisotopic (exact) mass is 365 g/mol. The quantitative estimate of drug-likeness (QED) is 0.630. The number of carbonyl (C=O) groups excluding carboxylic acids is 1. The molecule has 0 bridgehead atoms. The molecule has 0 atom stereocenters. The molecule has 0 aliphatic heterocycles. The summed E-state index contributed by atoms with van der Waals surface area (Å²) in [6, 6.07) is 14.3. The molecule has 3 rings (SSSR count). The van der Waals surface area contributed by atoms with Gasteiger partial charge in [-0.15, -0.1) is 0 Å². The van der Waals surface area contributed by atoms with E-state index in [1.807, 2.05) is 0 Å². The number of nitrogens with one attached hydrogen (secondary N) is 1. The second kappa shape index (κ2) is 6.64. The highest BCUT2D eigenvalue weighted by Gasteiger charge is 2.30. The van der Waals surface area contributed by atoms with Gasteiger partial charge >= 0.3 is 6.18 Å². The Morgan fingerprint density at radius 3 is 2.40 bits per heavy atom. The van der Waals surface area contributed by atoms with E-state index in [4.69, 9.17) is 16.0 Å². The topological polar surface area (TPSA) is 42.2 Å². The van der Waals surface area contributed by atoms with Gasteiger partial charge in [0.15, 0.2) is 5.76 Å². The number of halogens is 4. The van der Waals surface area contributed by atoms with Crippen molar-refractivity contribution in [2.24, 2.45) is 0 Å². The summed E-state index contributed by atoms with van der Waals surface area (Å²) < 4.78 is 43.6. The van der Waals surface area contributed by atoms with Crippen molar-refractivity contribution in [1.82, 2.24) is 0 Å². The molecule has 0 saturated carbocycles. The van der Waals surface area contributed by atoms with Gasteiger partial charge in [-0.05, 0) is 54.6 Å². The number of amides is 1. The van der Waals surface area contributed by atoms with Gasteiger partial charge < -0.3 is 9.73 Å². The molecule has 0 radical (unpaired) electrons. The van der Waals surface area contributed by atoms with Crippen LogP contribution in [-0.2, 0) is 6.18 Å². The van der Waals surface area contributed by atoms with Gasteiger partial charge in [0.2, 0.25) is 0 Å². The predicted octanol–water partition coefficient (Wildman–Crippen LogP) is 5.87. The van der Waals surface area contributed by atoms with Crippen LogP contribution in [0.4, 0.5) is 18.9 Å². The van der Waals surface area contributed by atoms with Crippen LogP contribution >= 0.6 is 11.6 Å². The third-order valence-electron chi connectivity index (χ3n) is 3.41. The normalized spacial score (nSPS) is 11.4. The van der Waals surface area contributed by atoms with Crippen molar-refractivity contribution in [1.29, 1.82) is 0 Å². The van der Waals surface area contributed by atoms with Crippen molar-refractivity contribution in [3.8, 4) is 11.3 Å². The molecule has 0 aliphatic carbocycles. The molecule has 3 aromatic rings. The van der Waals surface area contributed by atoms with E-state index in [-0.39, 0.29) is 11.4 Å². The lowest BCUT2D eigenvalue weighted by Gasteiger charge is -2.09. The average Bonchev–Trinajstić information content (AvgIpc) is 3.05. The number of furan rings is 1. The smallest absolute Gasteiger partial charge is 0.416 e. The Bertz CT molecular complexity index is 901. The van der Waals surface area contributed by atoms with E-state index in [1.165, 1.54) is 18.2 Å². The molecule has 7 heteroatoms. The summed E-state index contributed by atoms with van der Waals surface area (Å²) >= 11 is 5.82. The highest BCUT2D eigenvalue weighted by atomic mass is 35.5. The molecule has 0 saturated heterocycles. The number of anilines is 1. The van der Waals surface area contributed by atoms with E-state index in [0.717, 1.165) is 17.7 Å². The molecule has 25 heavy (non-hydrogen) atoms. The van der Waals surface area contributed by atoms with Crippen molar-refractivity contribution in [2.45, 2.75) is 6.18 Å². The maximum Gasteiger partial charge on any atom is 0.416 e. The van der Waals surface area contributed by atoms with E-state index in [1.54, 1.807) is 30.3 Å². The molecule has 128 valence electrons. The summed E-state index contributed by atoms with van der Waals surface area (Å²) in [5.41, 5.74) is -0.0848. The Labute approximate surface area is 146 Å². The van der Waals surface area contributed by atoms with Crippen molar-refractivity contribution in [3.63, 3.8) is 0 Å². The van der Waals surface area contributed by atoms with Crippen LogP contribution in [0, 0.1) is 0 Å². The zero-order valence-electron chi connectivity index (χ0n) is 12.6. The van der Waals surface area contributed by atoms with Gasteiger partial charge in [-0.2, -0.15) is 13.2 Å². The van der Waals surface area contributed by atoms with E-state index < -0.39 is 17.6 Å². The number of hydrogen-bond donors (Lipinski definition) is 1. The van der Waals surface area contributed by atoms with Gasteiger partial charge in [0, 0.05) is 16.3 Å². The Kier molecular flexibility index (Phi) is 4.55. The number of alkyl halides is 3. The molecule has 0 spiro atoms. The molecule has 2 aromatic carbocycles. The Hall–Kier alpha value is -2.73. The second-order valence-electron chi connectivity index (χ2n) is 5.20. The van der Waals surface area contributed by atoms with Crippen LogP contribution in [0.2, 0.25) is 5.02 Å². The van der Waals surface area contributed by atoms with Crippen LogP contribution < -0.4 is 5.32 Å². The molecule has 1 heterocycles. The fourth-order valence-electron chi connectivity index (χ4n) is 2.20. The maximum absolute atomic E-state index is 12.7. The number of carbonyl (C=O) groups is 1. The summed E-state index contributed by atoms with van der Waals surface area (Å²) in [7, 11) is 0. The number of hydrogen-bond acceptors (Lipinski definition) is 2. The van der Waals surface area contributed by atoms with E-state index in [0.29, 0.717) is 10.8 Å². The van der Waals surface area contributed by atoms with Crippen molar-refractivity contribution < 1.29 is 22.4 Å². The van der Waals surface area contributed by atoms with Crippen LogP contribution in [0.1, 0.15) is 16.1 Å². The fraction of sp³-hybridized carbons (Fsp3) is 0.0556. The standard InChI is InChI=1S/C18H11ClF3NO2/c19-13-6-4-11(5-7-13)15-8-9-16(25-15)17(24)23-14-3-1-2-12(10-14)18(20,21)22/h1-10H,(H,23,24). The van der Waals surface area contributed by atoms with Crippen LogP contribution in [0.15, 0.2) is 65.1 Å². The lowest BCUT2D eigenvalue weighted by Crippen LogP contribution is -2.12. The van der Waals surface area contributed by atoms with Crippen LogP contribution in [0.3, 0.4) is 0 Å². The van der Waals surface area contributed by atoms with Gasteiger partial charge in [-0.25, -0.2) is 0 Å². The maximum atomic E-state index is 12.7.